The van der Waals surface area contributed by atoms with Gasteiger partial charge in [0.2, 0.25) is 5.91 Å². The topological polar surface area (TPSA) is 139 Å². The minimum absolute atomic E-state index is 0.0325. The molecule has 1 aliphatic rings. The van der Waals surface area contributed by atoms with Gasteiger partial charge in [-0.05, 0) is 38.3 Å². The van der Waals surface area contributed by atoms with Crippen molar-refractivity contribution in [3.8, 4) is 11.3 Å². The fourth-order valence-electron chi connectivity index (χ4n) is 3.93. The standard InChI is InChI=1S/C26H35BN4O6/c1-16(2)13-22(27-36-15-17(3)28-14-23(33)37-27)30-26(35)24(18(4)32)31-25(34)21-12-8-11-20(29-21)19-9-6-5-7-10-19/h5-12,16-18,22,24,28,32H,13-15H2,1-4H3,(H,30,35)(H,31,34)/t17-,18-,22+,24+/m1/s1. The van der Waals surface area contributed by atoms with Gasteiger partial charge in [0.05, 0.1) is 24.3 Å². The molecule has 11 heteroatoms. The molecule has 1 aliphatic heterocycles. The molecule has 1 aromatic carbocycles. The molecular formula is C26H35BN4O6. The molecule has 2 aromatic rings. The zero-order valence-corrected chi connectivity index (χ0v) is 21.6. The monoisotopic (exact) mass is 510 g/mol. The highest BCUT2D eigenvalue weighted by Gasteiger charge is 2.39. The number of amides is 2. The summed E-state index contributed by atoms with van der Waals surface area (Å²) < 4.78 is 11.2. The first kappa shape index (κ1) is 28.3. The number of hydrogen-bond donors (Lipinski definition) is 4. The van der Waals surface area contributed by atoms with Crippen molar-refractivity contribution in [3.05, 3.63) is 54.2 Å². The molecule has 1 fully saturated rings. The molecule has 10 nitrogen and oxygen atoms in total. The number of rotatable bonds is 9. The maximum atomic E-state index is 13.3. The predicted octanol–water partition coefficient (Wildman–Crippen LogP) is 1.34. The minimum atomic E-state index is -1.27. The molecule has 4 N–H and O–H groups in total. The quantitative estimate of drug-likeness (QED) is 0.371. The van der Waals surface area contributed by atoms with Gasteiger partial charge in [-0.1, -0.05) is 50.2 Å². The van der Waals surface area contributed by atoms with Gasteiger partial charge in [0.25, 0.3) is 5.91 Å². The van der Waals surface area contributed by atoms with E-state index in [-0.39, 0.29) is 30.8 Å². The van der Waals surface area contributed by atoms with Gasteiger partial charge in [0.15, 0.2) is 0 Å². The fourth-order valence-corrected chi connectivity index (χ4v) is 3.93. The SMILES string of the molecule is CC(C)C[C@H](NC(=O)[C@@H](NC(=O)c1cccc(-c2ccccc2)n1)[C@@H](C)O)B1OC[C@@H](C)NCC(=O)O1. The second-order valence-corrected chi connectivity index (χ2v) is 9.68. The molecule has 1 saturated heterocycles. The summed E-state index contributed by atoms with van der Waals surface area (Å²) >= 11 is 0. The van der Waals surface area contributed by atoms with Gasteiger partial charge in [-0.2, -0.15) is 0 Å². The molecule has 37 heavy (non-hydrogen) atoms. The minimum Gasteiger partial charge on any atom is -0.507 e. The molecule has 0 bridgehead atoms. The lowest BCUT2D eigenvalue weighted by molar-refractivity contribution is -0.136. The van der Waals surface area contributed by atoms with E-state index in [0.29, 0.717) is 12.1 Å². The first-order valence-corrected chi connectivity index (χ1v) is 12.5. The molecule has 2 amide bonds. The van der Waals surface area contributed by atoms with Crippen molar-refractivity contribution in [2.75, 3.05) is 13.2 Å². The van der Waals surface area contributed by atoms with E-state index in [0.717, 1.165) is 5.56 Å². The molecular weight excluding hydrogens is 475 g/mol. The lowest BCUT2D eigenvalue weighted by Crippen LogP contribution is -2.59. The Kier molecular flexibility index (Phi) is 10.2. The van der Waals surface area contributed by atoms with Crippen molar-refractivity contribution in [3.63, 3.8) is 0 Å². The first-order valence-electron chi connectivity index (χ1n) is 12.5. The van der Waals surface area contributed by atoms with E-state index in [1.165, 1.54) is 13.0 Å². The highest BCUT2D eigenvalue weighted by Crippen LogP contribution is 2.17. The number of benzene rings is 1. The molecule has 0 unspecified atom stereocenters. The van der Waals surface area contributed by atoms with E-state index in [9.17, 15) is 19.5 Å². The number of aromatic nitrogens is 1. The van der Waals surface area contributed by atoms with Gasteiger partial charge >= 0.3 is 13.1 Å². The van der Waals surface area contributed by atoms with Crippen LogP contribution in [0.25, 0.3) is 11.3 Å². The Balaban J connectivity index is 1.74. The van der Waals surface area contributed by atoms with Crippen LogP contribution in [0.15, 0.2) is 48.5 Å². The van der Waals surface area contributed by atoms with Crippen LogP contribution in [0.3, 0.4) is 0 Å². The number of carbonyl (C=O) groups excluding carboxylic acids is 3. The summed E-state index contributed by atoms with van der Waals surface area (Å²) in [5.41, 5.74) is 1.56. The van der Waals surface area contributed by atoms with Gasteiger partial charge in [-0.3, -0.25) is 14.4 Å². The second-order valence-electron chi connectivity index (χ2n) is 9.68. The summed E-state index contributed by atoms with van der Waals surface area (Å²) in [4.78, 5) is 42.8. The average Bonchev–Trinajstić information content (AvgIpc) is 2.87. The third-order valence-corrected chi connectivity index (χ3v) is 5.84. The molecule has 0 spiro atoms. The Hall–Kier alpha value is -3.28. The van der Waals surface area contributed by atoms with Crippen molar-refractivity contribution in [1.82, 2.24) is 20.9 Å². The lowest BCUT2D eigenvalue weighted by atomic mass is 9.73. The van der Waals surface area contributed by atoms with Crippen molar-refractivity contribution < 1.29 is 28.8 Å². The van der Waals surface area contributed by atoms with Crippen LogP contribution >= 0.6 is 0 Å². The smallest absolute Gasteiger partial charge is 0.507 e. The van der Waals surface area contributed by atoms with E-state index < -0.39 is 43.0 Å². The summed E-state index contributed by atoms with van der Waals surface area (Å²) in [7, 11) is -1.00. The number of pyridine rings is 1. The Morgan fingerprint density at radius 3 is 2.54 bits per heavy atom. The normalized spacial score (nSPS) is 18.7. The lowest BCUT2D eigenvalue weighted by Gasteiger charge is -2.30. The fraction of sp³-hybridized carbons (Fsp3) is 0.462. The summed E-state index contributed by atoms with van der Waals surface area (Å²) in [6.45, 7) is 7.54. The molecule has 4 atom stereocenters. The number of carbonyl (C=O) groups is 3. The number of aliphatic hydroxyl groups is 1. The molecule has 198 valence electrons. The summed E-state index contributed by atoms with van der Waals surface area (Å²) in [6, 6.07) is 13.1. The molecule has 2 heterocycles. The van der Waals surface area contributed by atoms with E-state index in [1.807, 2.05) is 51.1 Å². The Bertz CT molecular complexity index is 1070. The average molecular weight is 510 g/mol. The molecule has 0 aliphatic carbocycles. The van der Waals surface area contributed by atoms with Crippen LogP contribution in [0.5, 0.6) is 0 Å². The molecule has 0 saturated carbocycles. The van der Waals surface area contributed by atoms with Crippen LogP contribution in [-0.2, 0) is 18.9 Å². The van der Waals surface area contributed by atoms with Crippen LogP contribution in [0.1, 0.15) is 44.6 Å². The van der Waals surface area contributed by atoms with Gasteiger partial charge in [-0.25, -0.2) is 4.98 Å². The van der Waals surface area contributed by atoms with Crippen LogP contribution in [0, 0.1) is 5.92 Å². The maximum Gasteiger partial charge on any atom is 0.551 e. The zero-order valence-electron chi connectivity index (χ0n) is 21.6. The van der Waals surface area contributed by atoms with Crippen LogP contribution < -0.4 is 16.0 Å². The van der Waals surface area contributed by atoms with Crippen molar-refractivity contribution in [1.29, 1.82) is 0 Å². The zero-order chi connectivity index (χ0) is 26.9. The maximum absolute atomic E-state index is 13.3. The molecule has 1 aromatic heterocycles. The van der Waals surface area contributed by atoms with Crippen molar-refractivity contribution >= 4 is 24.9 Å². The summed E-state index contributed by atoms with van der Waals surface area (Å²) in [6.07, 6.45) is -0.752. The summed E-state index contributed by atoms with van der Waals surface area (Å²) in [5.74, 6) is -2.27. The predicted molar refractivity (Wildman–Crippen MR) is 139 cm³/mol. The third-order valence-electron chi connectivity index (χ3n) is 5.84. The highest BCUT2D eigenvalue weighted by atomic mass is 16.6. The molecule has 3 rings (SSSR count). The van der Waals surface area contributed by atoms with Crippen LogP contribution in [-0.4, -0.2) is 72.3 Å². The van der Waals surface area contributed by atoms with Crippen LogP contribution in [0.4, 0.5) is 0 Å². The highest BCUT2D eigenvalue weighted by molar-refractivity contribution is 6.49. The molecule has 0 radical (unpaired) electrons. The number of nitrogens with one attached hydrogen (secondary N) is 3. The van der Waals surface area contributed by atoms with Gasteiger partial charge in [0.1, 0.15) is 11.7 Å². The van der Waals surface area contributed by atoms with Crippen molar-refractivity contribution in [2.45, 2.75) is 58.2 Å². The largest absolute Gasteiger partial charge is 0.551 e. The second kappa shape index (κ2) is 13.3. The Labute approximate surface area is 217 Å². The van der Waals surface area contributed by atoms with Gasteiger partial charge in [0, 0.05) is 18.2 Å². The summed E-state index contributed by atoms with van der Waals surface area (Å²) in [5, 5.41) is 18.8. The number of nitrogens with zero attached hydrogens (tertiary/aromatic N) is 1. The van der Waals surface area contributed by atoms with Gasteiger partial charge < -0.3 is 30.4 Å². The van der Waals surface area contributed by atoms with E-state index in [4.69, 9.17) is 9.31 Å². The Morgan fingerprint density at radius 1 is 1.14 bits per heavy atom. The number of hydrogen-bond acceptors (Lipinski definition) is 8. The third kappa shape index (κ3) is 8.38. The van der Waals surface area contributed by atoms with E-state index in [1.54, 1.807) is 12.1 Å². The van der Waals surface area contributed by atoms with E-state index in [2.05, 4.69) is 20.9 Å². The Morgan fingerprint density at radius 2 is 1.86 bits per heavy atom. The first-order chi connectivity index (χ1) is 17.6. The van der Waals surface area contributed by atoms with Crippen molar-refractivity contribution in [2.24, 2.45) is 5.92 Å². The van der Waals surface area contributed by atoms with Gasteiger partial charge in [-0.15, -0.1) is 0 Å². The van der Waals surface area contributed by atoms with E-state index >= 15 is 0 Å². The number of aliphatic hydroxyl groups excluding tert-OH is 1. The van der Waals surface area contributed by atoms with Crippen LogP contribution in [0.2, 0.25) is 0 Å².